The summed E-state index contributed by atoms with van der Waals surface area (Å²) in [7, 11) is 0. The van der Waals surface area contributed by atoms with Crippen molar-refractivity contribution in [1.82, 2.24) is 0 Å². The van der Waals surface area contributed by atoms with E-state index in [-0.39, 0.29) is 5.60 Å². The molecule has 0 bridgehead atoms. The summed E-state index contributed by atoms with van der Waals surface area (Å²) in [6.07, 6.45) is 6.67. The second-order valence-corrected chi connectivity index (χ2v) is 4.55. The maximum Gasteiger partial charge on any atom is 0.0705 e. The molecule has 1 saturated heterocycles. The number of ether oxygens (including phenoxy) is 1. The van der Waals surface area contributed by atoms with Crippen LogP contribution in [-0.4, -0.2) is 18.2 Å². The summed E-state index contributed by atoms with van der Waals surface area (Å²) < 4.78 is 6.00. The molecule has 2 fully saturated rings. The number of rotatable bonds is 1. The smallest absolute Gasteiger partial charge is 0.0705 e. The van der Waals surface area contributed by atoms with Gasteiger partial charge in [0, 0.05) is 6.54 Å². The minimum Gasteiger partial charge on any atom is -0.370 e. The Bertz CT molecular complexity index is 171. The zero-order valence-electron chi connectivity index (χ0n) is 7.88. The van der Waals surface area contributed by atoms with Gasteiger partial charge in [0.1, 0.15) is 0 Å². The van der Waals surface area contributed by atoms with Crippen molar-refractivity contribution < 1.29 is 4.74 Å². The lowest BCUT2D eigenvalue weighted by atomic mass is 9.97. The maximum absolute atomic E-state index is 6.00. The van der Waals surface area contributed by atoms with Gasteiger partial charge in [0.25, 0.3) is 0 Å². The third-order valence-corrected chi connectivity index (χ3v) is 3.41. The second kappa shape index (κ2) is 3.00. The van der Waals surface area contributed by atoms with Gasteiger partial charge in [-0.1, -0.05) is 6.92 Å². The monoisotopic (exact) mass is 169 g/mol. The van der Waals surface area contributed by atoms with Gasteiger partial charge in [-0.2, -0.15) is 0 Å². The van der Waals surface area contributed by atoms with Crippen molar-refractivity contribution in [2.24, 2.45) is 11.7 Å². The highest BCUT2D eigenvalue weighted by Crippen LogP contribution is 2.45. The van der Waals surface area contributed by atoms with Crippen LogP contribution in [0.25, 0.3) is 0 Å². The van der Waals surface area contributed by atoms with Crippen molar-refractivity contribution >= 4 is 0 Å². The predicted molar refractivity (Wildman–Crippen MR) is 48.9 cm³/mol. The van der Waals surface area contributed by atoms with E-state index in [1.807, 2.05) is 0 Å². The Morgan fingerprint density at radius 2 is 2.17 bits per heavy atom. The summed E-state index contributed by atoms with van der Waals surface area (Å²) in [4.78, 5) is 0. The Balaban J connectivity index is 1.97. The first-order valence-electron chi connectivity index (χ1n) is 5.12. The molecular weight excluding hydrogens is 150 g/mol. The lowest BCUT2D eigenvalue weighted by Crippen LogP contribution is -2.28. The normalized spacial score (nSPS) is 47.5. The van der Waals surface area contributed by atoms with E-state index in [0.29, 0.717) is 12.6 Å². The molecule has 0 amide bonds. The molecule has 2 aliphatic rings. The topological polar surface area (TPSA) is 35.2 Å². The van der Waals surface area contributed by atoms with E-state index in [9.17, 15) is 0 Å². The van der Waals surface area contributed by atoms with Crippen LogP contribution in [0.5, 0.6) is 0 Å². The minimum atomic E-state index is 0.253. The molecule has 0 radical (unpaired) electrons. The largest absolute Gasteiger partial charge is 0.370 e. The van der Waals surface area contributed by atoms with E-state index in [2.05, 4.69) is 6.92 Å². The van der Waals surface area contributed by atoms with Crippen molar-refractivity contribution in [3.8, 4) is 0 Å². The van der Waals surface area contributed by atoms with Crippen molar-refractivity contribution in [2.75, 3.05) is 6.54 Å². The molecule has 0 aromatic carbocycles. The molecular formula is C10H19NO. The van der Waals surface area contributed by atoms with Gasteiger partial charge < -0.3 is 10.5 Å². The van der Waals surface area contributed by atoms with E-state index in [0.717, 1.165) is 5.92 Å². The molecule has 2 heteroatoms. The Kier molecular flexibility index (Phi) is 2.13. The summed E-state index contributed by atoms with van der Waals surface area (Å²) in [6.45, 7) is 3.03. The van der Waals surface area contributed by atoms with Gasteiger partial charge in [-0.25, -0.2) is 0 Å². The van der Waals surface area contributed by atoms with Gasteiger partial charge in [0.05, 0.1) is 11.7 Å². The first-order valence-corrected chi connectivity index (χ1v) is 5.12. The van der Waals surface area contributed by atoms with E-state index in [4.69, 9.17) is 10.5 Å². The highest BCUT2D eigenvalue weighted by atomic mass is 16.5. The molecule has 2 N–H and O–H groups in total. The van der Waals surface area contributed by atoms with Crippen LogP contribution in [0, 0.1) is 5.92 Å². The molecule has 1 spiro atoms. The number of nitrogens with two attached hydrogens (primary N) is 1. The van der Waals surface area contributed by atoms with E-state index in [1.165, 1.54) is 32.1 Å². The van der Waals surface area contributed by atoms with E-state index >= 15 is 0 Å². The van der Waals surface area contributed by atoms with Crippen LogP contribution in [0.4, 0.5) is 0 Å². The molecule has 1 heterocycles. The van der Waals surface area contributed by atoms with Crippen molar-refractivity contribution in [3.05, 3.63) is 0 Å². The molecule has 2 nitrogen and oxygen atoms in total. The number of hydrogen-bond acceptors (Lipinski definition) is 2. The SMILES string of the molecule is C[C@@H]1CC[C@@]2(CC[C@@H](CN)O2)C1. The number of hydrogen-bond donors (Lipinski definition) is 1. The fourth-order valence-corrected chi connectivity index (χ4v) is 2.74. The molecule has 1 saturated carbocycles. The molecule has 0 aromatic heterocycles. The molecule has 0 aromatic rings. The predicted octanol–water partition coefficient (Wildman–Crippen LogP) is 1.68. The quantitative estimate of drug-likeness (QED) is 0.648. The third kappa shape index (κ3) is 1.38. The molecule has 1 aliphatic carbocycles. The zero-order chi connectivity index (χ0) is 8.60. The average Bonchev–Trinajstić information content (AvgIpc) is 2.61. The fraction of sp³-hybridized carbons (Fsp3) is 1.00. The molecule has 2 rings (SSSR count). The van der Waals surface area contributed by atoms with E-state index < -0.39 is 0 Å². The van der Waals surface area contributed by atoms with Gasteiger partial charge in [-0.05, 0) is 38.0 Å². The van der Waals surface area contributed by atoms with Gasteiger partial charge >= 0.3 is 0 Å². The Morgan fingerprint density at radius 1 is 1.42 bits per heavy atom. The average molecular weight is 169 g/mol. The molecule has 3 atom stereocenters. The lowest BCUT2D eigenvalue weighted by Gasteiger charge is -2.23. The Morgan fingerprint density at radius 3 is 2.67 bits per heavy atom. The van der Waals surface area contributed by atoms with Gasteiger partial charge in [0.15, 0.2) is 0 Å². The van der Waals surface area contributed by atoms with Gasteiger partial charge in [-0.3, -0.25) is 0 Å². The third-order valence-electron chi connectivity index (χ3n) is 3.41. The molecule has 1 aliphatic heterocycles. The molecule has 70 valence electrons. The molecule has 0 unspecified atom stereocenters. The Labute approximate surface area is 74.5 Å². The summed E-state index contributed by atoms with van der Waals surface area (Å²) in [5.41, 5.74) is 5.85. The van der Waals surface area contributed by atoms with Crippen LogP contribution in [0.1, 0.15) is 39.0 Å². The Hall–Kier alpha value is -0.0800. The maximum atomic E-state index is 6.00. The fourth-order valence-electron chi connectivity index (χ4n) is 2.74. The minimum absolute atomic E-state index is 0.253. The van der Waals surface area contributed by atoms with Crippen molar-refractivity contribution in [1.29, 1.82) is 0 Å². The van der Waals surface area contributed by atoms with Gasteiger partial charge in [-0.15, -0.1) is 0 Å². The van der Waals surface area contributed by atoms with Crippen molar-refractivity contribution in [3.63, 3.8) is 0 Å². The van der Waals surface area contributed by atoms with Crippen molar-refractivity contribution in [2.45, 2.75) is 50.7 Å². The van der Waals surface area contributed by atoms with Crippen LogP contribution in [0.2, 0.25) is 0 Å². The summed E-state index contributed by atoms with van der Waals surface area (Å²) in [5, 5.41) is 0. The highest BCUT2D eigenvalue weighted by molar-refractivity contribution is 4.95. The standard InChI is InChI=1S/C10H19NO/c1-8-2-4-10(6-8)5-3-9(7-11)12-10/h8-9H,2-7,11H2,1H3/t8-,9+,10-/m1/s1. The summed E-state index contributed by atoms with van der Waals surface area (Å²) >= 11 is 0. The zero-order valence-corrected chi connectivity index (χ0v) is 7.88. The van der Waals surface area contributed by atoms with Crippen LogP contribution in [-0.2, 0) is 4.74 Å². The lowest BCUT2D eigenvalue weighted by molar-refractivity contribution is -0.0343. The van der Waals surface area contributed by atoms with E-state index in [1.54, 1.807) is 0 Å². The molecule has 12 heavy (non-hydrogen) atoms. The van der Waals surface area contributed by atoms with Crippen LogP contribution in [0.3, 0.4) is 0 Å². The second-order valence-electron chi connectivity index (χ2n) is 4.55. The van der Waals surface area contributed by atoms with Gasteiger partial charge in [0.2, 0.25) is 0 Å². The first-order chi connectivity index (χ1) is 5.74. The summed E-state index contributed by atoms with van der Waals surface area (Å²) in [5.74, 6) is 0.863. The van der Waals surface area contributed by atoms with Crippen LogP contribution < -0.4 is 5.73 Å². The van der Waals surface area contributed by atoms with Crippen LogP contribution >= 0.6 is 0 Å². The first kappa shape index (κ1) is 8.52. The van der Waals surface area contributed by atoms with Crippen LogP contribution in [0.15, 0.2) is 0 Å². The highest BCUT2D eigenvalue weighted by Gasteiger charge is 2.43. The summed E-state index contributed by atoms with van der Waals surface area (Å²) in [6, 6.07) is 0.